The van der Waals surface area contributed by atoms with Crippen molar-refractivity contribution in [3.05, 3.63) is 41.2 Å². The van der Waals surface area contributed by atoms with Crippen LogP contribution in [-0.4, -0.2) is 29.6 Å². The Hall–Kier alpha value is -2.63. The molecule has 0 aliphatic carbocycles. The van der Waals surface area contributed by atoms with Crippen molar-refractivity contribution in [1.29, 1.82) is 0 Å². The second kappa shape index (κ2) is 6.89. The Labute approximate surface area is 129 Å². The topological polar surface area (TPSA) is 73.3 Å². The summed E-state index contributed by atoms with van der Waals surface area (Å²) in [6.45, 7) is 6.10. The summed E-state index contributed by atoms with van der Waals surface area (Å²) in [6.07, 6.45) is 0. The molecule has 0 radical (unpaired) electrons. The molecule has 1 aromatic heterocycles. The minimum atomic E-state index is -0.219. The summed E-state index contributed by atoms with van der Waals surface area (Å²) in [4.78, 5) is 20.6. The molecule has 0 fully saturated rings. The van der Waals surface area contributed by atoms with Crippen molar-refractivity contribution in [3.63, 3.8) is 0 Å². The van der Waals surface area contributed by atoms with Crippen molar-refractivity contribution in [2.24, 2.45) is 0 Å². The number of carbonyl (C=O) groups excluding carboxylic acids is 1. The fourth-order valence-corrected chi connectivity index (χ4v) is 2.01. The summed E-state index contributed by atoms with van der Waals surface area (Å²) in [5.41, 5.74) is 2.45. The summed E-state index contributed by atoms with van der Waals surface area (Å²) < 4.78 is 10.4. The first-order valence-corrected chi connectivity index (χ1v) is 6.98. The molecule has 6 heteroatoms. The predicted octanol–water partition coefficient (Wildman–Crippen LogP) is 2.75. The normalized spacial score (nSPS) is 10.2. The fraction of sp³-hybridized carbons (Fsp3) is 0.312. The van der Waals surface area contributed by atoms with Gasteiger partial charge in [0.25, 0.3) is 5.91 Å². The maximum atomic E-state index is 12.3. The first-order chi connectivity index (χ1) is 10.5. The smallest absolute Gasteiger partial charge is 0.316 e. The highest BCUT2D eigenvalue weighted by molar-refractivity contribution is 6.04. The van der Waals surface area contributed by atoms with Crippen LogP contribution in [-0.2, 0) is 0 Å². The highest BCUT2D eigenvalue weighted by Gasteiger charge is 2.13. The van der Waals surface area contributed by atoms with Gasteiger partial charge in [0.15, 0.2) is 0 Å². The number of methoxy groups -OCH3 is 1. The molecule has 0 atom stereocenters. The number of hydrogen-bond acceptors (Lipinski definition) is 5. The van der Waals surface area contributed by atoms with Crippen molar-refractivity contribution < 1.29 is 14.3 Å². The van der Waals surface area contributed by atoms with E-state index >= 15 is 0 Å². The number of ether oxygens (including phenoxy) is 2. The van der Waals surface area contributed by atoms with Gasteiger partial charge in [-0.1, -0.05) is 0 Å². The highest BCUT2D eigenvalue weighted by atomic mass is 16.5. The van der Waals surface area contributed by atoms with Gasteiger partial charge in [-0.15, -0.1) is 0 Å². The first-order valence-electron chi connectivity index (χ1n) is 6.98. The minimum Gasteiger partial charge on any atom is -0.494 e. The van der Waals surface area contributed by atoms with Gasteiger partial charge >= 0.3 is 6.01 Å². The highest BCUT2D eigenvalue weighted by Crippen LogP contribution is 2.20. The second-order valence-corrected chi connectivity index (χ2v) is 4.67. The molecule has 0 aliphatic rings. The number of nitrogens with zero attached hydrogens (tertiary/aromatic N) is 2. The number of carbonyl (C=O) groups is 1. The van der Waals surface area contributed by atoms with E-state index in [0.29, 0.717) is 29.2 Å². The van der Waals surface area contributed by atoms with Crippen molar-refractivity contribution >= 4 is 11.6 Å². The van der Waals surface area contributed by atoms with Gasteiger partial charge in [0.05, 0.1) is 30.8 Å². The van der Waals surface area contributed by atoms with E-state index in [1.807, 2.05) is 6.92 Å². The van der Waals surface area contributed by atoms with Crippen LogP contribution < -0.4 is 14.8 Å². The lowest BCUT2D eigenvalue weighted by Crippen LogP contribution is -2.15. The van der Waals surface area contributed by atoms with Gasteiger partial charge in [-0.05, 0) is 45.0 Å². The number of amides is 1. The third-order valence-corrected chi connectivity index (χ3v) is 3.10. The average molecular weight is 301 g/mol. The first kappa shape index (κ1) is 15.8. The van der Waals surface area contributed by atoms with E-state index in [2.05, 4.69) is 15.3 Å². The van der Waals surface area contributed by atoms with Gasteiger partial charge in [0.1, 0.15) is 5.75 Å². The Bertz CT molecular complexity index is 646. The van der Waals surface area contributed by atoms with Gasteiger partial charge in [-0.3, -0.25) is 4.79 Å². The molecule has 22 heavy (non-hydrogen) atoms. The molecule has 0 saturated carbocycles. The molecular formula is C16H19N3O3. The largest absolute Gasteiger partial charge is 0.494 e. The van der Waals surface area contributed by atoms with Crippen LogP contribution in [0.1, 0.15) is 28.7 Å². The Kier molecular flexibility index (Phi) is 4.93. The molecule has 1 aromatic carbocycles. The van der Waals surface area contributed by atoms with Crippen LogP contribution in [0.15, 0.2) is 24.3 Å². The van der Waals surface area contributed by atoms with Crippen LogP contribution in [0.3, 0.4) is 0 Å². The quantitative estimate of drug-likeness (QED) is 0.919. The monoisotopic (exact) mass is 301 g/mol. The summed E-state index contributed by atoms with van der Waals surface area (Å²) in [7, 11) is 1.51. The lowest BCUT2D eigenvalue weighted by atomic mass is 10.2. The maximum absolute atomic E-state index is 12.3. The third kappa shape index (κ3) is 3.52. The van der Waals surface area contributed by atoms with E-state index in [0.717, 1.165) is 5.75 Å². The van der Waals surface area contributed by atoms with E-state index in [4.69, 9.17) is 9.47 Å². The molecule has 0 saturated heterocycles. The van der Waals surface area contributed by atoms with Crippen LogP contribution in [0.5, 0.6) is 11.8 Å². The summed E-state index contributed by atoms with van der Waals surface area (Å²) in [6, 6.07) is 7.25. The molecule has 0 bridgehead atoms. The van der Waals surface area contributed by atoms with Gasteiger partial charge in [-0.25, -0.2) is 0 Å². The average Bonchev–Trinajstić information content (AvgIpc) is 2.51. The lowest BCUT2D eigenvalue weighted by Gasteiger charge is -2.12. The van der Waals surface area contributed by atoms with Crippen molar-refractivity contribution in [1.82, 2.24) is 9.97 Å². The van der Waals surface area contributed by atoms with Crippen LogP contribution >= 0.6 is 0 Å². The Morgan fingerprint density at radius 1 is 1.14 bits per heavy atom. The number of rotatable bonds is 5. The van der Waals surface area contributed by atoms with E-state index in [-0.39, 0.29) is 11.9 Å². The Morgan fingerprint density at radius 2 is 1.73 bits per heavy atom. The Balaban J connectivity index is 2.18. The van der Waals surface area contributed by atoms with Crippen molar-refractivity contribution in [3.8, 4) is 11.8 Å². The van der Waals surface area contributed by atoms with Crippen LogP contribution in [0.4, 0.5) is 5.69 Å². The van der Waals surface area contributed by atoms with Crippen LogP contribution in [0.25, 0.3) is 0 Å². The molecule has 2 aromatic rings. The van der Waals surface area contributed by atoms with Gasteiger partial charge in [0.2, 0.25) is 0 Å². The number of anilines is 1. The zero-order chi connectivity index (χ0) is 16.1. The summed E-state index contributed by atoms with van der Waals surface area (Å²) in [5, 5.41) is 2.84. The summed E-state index contributed by atoms with van der Waals surface area (Å²) >= 11 is 0. The molecule has 1 amide bonds. The van der Waals surface area contributed by atoms with Crippen molar-refractivity contribution in [2.45, 2.75) is 20.8 Å². The van der Waals surface area contributed by atoms with E-state index in [9.17, 15) is 4.79 Å². The number of hydrogen-bond donors (Lipinski definition) is 1. The molecule has 0 aliphatic heterocycles. The molecular weight excluding hydrogens is 282 g/mol. The van der Waals surface area contributed by atoms with Crippen LogP contribution in [0, 0.1) is 13.8 Å². The SMILES string of the molecule is CCOc1ccc(C(=O)Nc2c(C)nc(OC)nc2C)cc1. The van der Waals surface area contributed by atoms with Crippen molar-refractivity contribution in [2.75, 3.05) is 19.0 Å². The molecule has 2 rings (SSSR count). The standard InChI is InChI=1S/C16H19N3O3/c1-5-22-13-8-6-12(7-9-13)15(20)19-14-10(2)17-16(21-4)18-11(14)3/h6-9H,5H2,1-4H3,(H,19,20). The number of aromatic nitrogens is 2. The number of aryl methyl sites for hydroxylation is 2. The number of benzene rings is 1. The van der Waals surface area contributed by atoms with Gasteiger partial charge < -0.3 is 14.8 Å². The van der Waals surface area contributed by atoms with Gasteiger partial charge in [-0.2, -0.15) is 9.97 Å². The molecule has 6 nitrogen and oxygen atoms in total. The molecule has 1 heterocycles. The number of nitrogens with one attached hydrogen (secondary N) is 1. The fourth-order valence-electron chi connectivity index (χ4n) is 2.01. The second-order valence-electron chi connectivity index (χ2n) is 4.67. The van der Waals surface area contributed by atoms with Crippen LogP contribution in [0.2, 0.25) is 0 Å². The summed E-state index contributed by atoms with van der Waals surface area (Å²) in [5.74, 6) is 0.516. The zero-order valence-electron chi connectivity index (χ0n) is 13.1. The van der Waals surface area contributed by atoms with E-state index in [1.165, 1.54) is 7.11 Å². The third-order valence-electron chi connectivity index (χ3n) is 3.10. The molecule has 0 unspecified atom stereocenters. The van der Waals surface area contributed by atoms with E-state index < -0.39 is 0 Å². The molecule has 116 valence electrons. The van der Waals surface area contributed by atoms with Gasteiger partial charge in [0, 0.05) is 5.56 Å². The maximum Gasteiger partial charge on any atom is 0.316 e. The van der Waals surface area contributed by atoms with E-state index in [1.54, 1.807) is 38.1 Å². The predicted molar refractivity (Wildman–Crippen MR) is 83.6 cm³/mol. The minimum absolute atomic E-state index is 0.219. The zero-order valence-corrected chi connectivity index (χ0v) is 13.1. The molecule has 0 spiro atoms. The lowest BCUT2D eigenvalue weighted by molar-refractivity contribution is 0.102. The molecule has 1 N–H and O–H groups in total. The Morgan fingerprint density at radius 3 is 2.23 bits per heavy atom.